The molecule has 2 heteroatoms. The molecule has 0 aliphatic carbocycles. The van der Waals surface area contributed by atoms with Gasteiger partial charge in [-0.1, -0.05) is 19.1 Å². The molecule has 1 aromatic carbocycles. The molecule has 1 rings (SSSR count). The van der Waals surface area contributed by atoms with Gasteiger partial charge in [0.25, 0.3) is 0 Å². The Labute approximate surface area is 99.0 Å². The predicted octanol–water partition coefficient (Wildman–Crippen LogP) is 3.07. The van der Waals surface area contributed by atoms with Crippen LogP contribution in [0.1, 0.15) is 30.9 Å². The summed E-state index contributed by atoms with van der Waals surface area (Å²) in [6.45, 7) is 9.34. The maximum Gasteiger partial charge on any atom is 0.122 e. The van der Waals surface area contributed by atoms with Crippen LogP contribution in [0.15, 0.2) is 18.2 Å². The second kappa shape index (κ2) is 7.29. The molecule has 2 nitrogen and oxygen atoms in total. The van der Waals surface area contributed by atoms with Crippen LogP contribution in [0.4, 0.5) is 0 Å². The van der Waals surface area contributed by atoms with E-state index in [4.69, 9.17) is 4.74 Å². The van der Waals surface area contributed by atoms with Gasteiger partial charge in [-0.05, 0) is 57.0 Å². The van der Waals surface area contributed by atoms with Crippen LogP contribution in [0.3, 0.4) is 0 Å². The van der Waals surface area contributed by atoms with Crippen molar-refractivity contribution < 1.29 is 4.74 Å². The van der Waals surface area contributed by atoms with E-state index in [-0.39, 0.29) is 0 Å². The van der Waals surface area contributed by atoms with E-state index >= 15 is 0 Å². The zero-order chi connectivity index (χ0) is 11.8. The van der Waals surface area contributed by atoms with Gasteiger partial charge in [-0.25, -0.2) is 0 Å². The summed E-state index contributed by atoms with van der Waals surface area (Å²) in [6.07, 6.45) is 2.26. The summed E-state index contributed by atoms with van der Waals surface area (Å²) in [5, 5.41) is 3.37. The molecule has 0 aromatic heterocycles. The molecule has 0 amide bonds. The van der Waals surface area contributed by atoms with Gasteiger partial charge >= 0.3 is 0 Å². The summed E-state index contributed by atoms with van der Waals surface area (Å²) in [7, 11) is 0. The highest BCUT2D eigenvalue weighted by molar-refractivity contribution is 5.38. The molecule has 90 valence electrons. The average Bonchev–Trinajstić information content (AvgIpc) is 2.29. The molecule has 0 radical (unpaired) electrons. The molecular formula is C14H23NO. The SMILES string of the molecule is CCCNCCCOc1cccc(C)c1C. The highest BCUT2D eigenvalue weighted by atomic mass is 16.5. The summed E-state index contributed by atoms with van der Waals surface area (Å²) in [5.41, 5.74) is 2.55. The molecule has 0 atom stereocenters. The summed E-state index contributed by atoms with van der Waals surface area (Å²) >= 11 is 0. The van der Waals surface area contributed by atoms with E-state index in [1.807, 2.05) is 12.1 Å². The van der Waals surface area contributed by atoms with E-state index in [9.17, 15) is 0 Å². The summed E-state index contributed by atoms with van der Waals surface area (Å²) in [6, 6.07) is 6.21. The topological polar surface area (TPSA) is 21.3 Å². The molecule has 0 saturated heterocycles. The fourth-order valence-corrected chi connectivity index (χ4v) is 1.56. The molecule has 16 heavy (non-hydrogen) atoms. The van der Waals surface area contributed by atoms with Gasteiger partial charge in [0, 0.05) is 0 Å². The third kappa shape index (κ3) is 4.23. The molecule has 0 heterocycles. The first kappa shape index (κ1) is 13.0. The number of hydrogen-bond acceptors (Lipinski definition) is 2. The van der Waals surface area contributed by atoms with Crippen LogP contribution in [0, 0.1) is 13.8 Å². The smallest absolute Gasteiger partial charge is 0.122 e. The molecule has 0 aliphatic rings. The second-order valence-electron chi connectivity index (χ2n) is 4.15. The van der Waals surface area contributed by atoms with Gasteiger partial charge in [-0.3, -0.25) is 0 Å². The average molecular weight is 221 g/mol. The van der Waals surface area contributed by atoms with E-state index in [0.717, 1.165) is 31.9 Å². The van der Waals surface area contributed by atoms with Crippen molar-refractivity contribution in [3.8, 4) is 5.75 Å². The van der Waals surface area contributed by atoms with E-state index in [0.29, 0.717) is 0 Å². The highest BCUT2D eigenvalue weighted by Gasteiger charge is 2.00. The standard InChI is InChI=1S/C14H23NO/c1-4-9-15-10-6-11-16-14-8-5-7-12(2)13(14)3/h5,7-8,15H,4,6,9-11H2,1-3H3. The molecule has 0 spiro atoms. The lowest BCUT2D eigenvalue weighted by molar-refractivity contribution is 0.306. The van der Waals surface area contributed by atoms with Crippen LogP contribution in [0.25, 0.3) is 0 Å². The van der Waals surface area contributed by atoms with E-state index in [1.165, 1.54) is 17.5 Å². The normalized spacial score (nSPS) is 10.4. The van der Waals surface area contributed by atoms with E-state index < -0.39 is 0 Å². The third-order valence-corrected chi connectivity index (χ3v) is 2.74. The zero-order valence-corrected chi connectivity index (χ0v) is 10.7. The fourth-order valence-electron chi connectivity index (χ4n) is 1.56. The minimum atomic E-state index is 0.793. The Morgan fingerprint density at radius 1 is 1.19 bits per heavy atom. The Bertz CT molecular complexity index is 310. The first-order chi connectivity index (χ1) is 7.75. The lowest BCUT2D eigenvalue weighted by Gasteiger charge is -2.10. The maximum atomic E-state index is 5.76. The number of nitrogens with one attached hydrogen (secondary N) is 1. The first-order valence-electron chi connectivity index (χ1n) is 6.15. The Morgan fingerprint density at radius 2 is 2.00 bits per heavy atom. The van der Waals surface area contributed by atoms with Gasteiger partial charge in [-0.2, -0.15) is 0 Å². The highest BCUT2D eigenvalue weighted by Crippen LogP contribution is 2.20. The molecule has 1 N–H and O–H groups in total. The largest absolute Gasteiger partial charge is 0.493 e. The Hall–Kier alpha value is -1.02. The monoisotopic (exact) mass is 221 g/mol. The van der Waals surface area contributed by atoms with Crippen LogP contribution >= 0.6 is 0 Å². The molecule has 0 unspecified atom stereocenters. The Morgan fingerprint density at radius 3 is 2.75 bits per heavy atom. The van der Waals surface area contributed by atoms with Crippen LogP contribution in [0.2, 0.25) is 0 Å². The summed E-state index contributed by atoms with van der Waals surface area (Å²) in [5.74, 6) is 1.02. The number of benzene rings is 1. The van der Waals surface area contributed by atoms with Crippen LogP contribution in [-0.4, -0.2) is 19.7 Å². The van der Waals surface area contributed by atoms with Crippen LogP contribution in [0.5, 0.6) is 5.75 Å². The number of aryl methyl sites for hydroxylation is 1. The number of ether oxygens (including phenoxy) is 1. The summed E-state index contributed by atoms with van der Waals surface area (Å²) < 4.78 is 5.76. The van der Waals surface area contributed by atoms with Crippen molar-refractivity contribution >= 4 is 0 Å². The third-order valence-electron chi connectivity index (χ3n) is 2.74. The number of rotatable bonds is 7. The molecular weight excluding hydrogens is 198 g/mol. The van der Waals surface area contributed by atoms with E-state index in [1.54, 1.807) is 0 Å². The lowest BCUT2D eigenvalue weighted by atomic mass is 10.1. The quantitative estimate of drug-likeness (QED) is 0.714. The second-order valence-corrected chi connectivity index (χ2v) is 4.15. The summed E-state index contributed by atoms with van der Waals surface area (Å²) in [4.78, 5) is 0. The molecule has 0 saturated carbocycles. The Kier molecular flexibility index (Phi) is 5.94. The predicted molar refractivity (Wildman–Crippen MR) is 69.2 cm³/mol. The first-order valence-corrected chi connectivity index (χ1v) is 6.15. The van der Waals surface area contributed by atoms with Gasteiger partial charge in [0.05, 0.1) is 6.61 Å². The minimum Gasteiger partial charge on any atom is -0.493 e. The van der Waals surface area contributed by atoms with E-state index in [2.05, 4.69) is 32.2 Å². The fraction of sp³-hybridized carbons (Fsp3) is 0.571. The van der Waals surface area contributed by atoms with Gasteiger partial charge in [0.15, 0.2) is 0 Å². The van der Waals surface area contributed by atoms with Crippen molar-refractivity contribution in [2.45, 2.75) is 33.6 Å². The maximum absolute atomic E-state index is 5.76. The Balaban J connectivity index is 2.24. The molecule has 0 aliphatic heterocycles. The molecule has 1 aromatic rings. The van der Waals surface area contributed by atoms with Crippen molar-refractivity contribution in [3.05, 3.63) is 29.3 Å². The van der Waals surface area contributed by atoms with Gasteiger partial charge in [-0.15, -0.1) is 0 Å². The number of hydrogen-bond donors (Lipinski definition) is 1. The van der Waals surface area contributed by atoms with Gasteiger partial charge in [0.1, 0.15) is 5.75 Å². The van der Waals surface area contributed by atoms with Crippen molar-refractivity contribution in [1.29, 1.82) is 0 Å². The van der Waals surface area contributed by atoms with Crippen molar-refractivity contribution in [1.82, 2.24) is 5.32 Å². The van der Waals surface area contributed by atoms with Crippen LogP contribution < -0.4 is 10.1 Å². The van der Waals surface area contributed by atoms with Crippen molar-refractivity contribution in [2.75, 3.05) is 19.7 Å². The zero-order valence-electron chi connectivity index (χ0n) is 10.7. The van der Waals surface area contributed by atoms with Gasteiger partial charge < -0.3 is 10.1 Å². The minimum absolute atomic E-state index is 0.793. The lowest BCUT2D eigenvalue weighted by Crippen LogP contribution is -2.18. The van der Waals surface area contributed by atoms with Gasteiger partial charge in [0.2, 0.25) is 0 Å². The molecule has 0 bridgehead atoms. The van der Waals surface area contributed by atoms with Crippen molar-refractivity contribution in [3.63, 3.8) is 0 Å². The van der Waals surface area contributed by atoms with Crippen molar-refractivity contribution in [2.24, 2.45) is 0 Å². The molecule has 0 fully saturated rings. The van der Waals surface area contributed by atoms with Crippen LogP contribution in [-0.2, 0) is 0 Å².